The molecule has 3 nitrogen and oxygen atoms in total. The number of H-pyrrole nitrogens is 1. The van der Waals surface area contributed by atoms with E-state index in [9.17, 15) is 0 Å². The fraction of sp³-hybridized carbons (Fsp3) is 0.300. The van der Waals surface area contributed by atoms with Gasteiger partial charge in [-0.1, -0.05) is 6.07 Å². The average molecular weight is 207 g/mol. The molecule has 2 rings (SSSR count). The molecule has 14 heavy (non-hydrogen) atoms. The van der Waals surface area contributed by atoms with Crippen molar-refractivity contribution in [2.24, 2.45) is 5.73 Å². The van der Waals surface area contributed by atoms with Crippen LogP contribution in [0, 0.1) is 6.92 Å². The lowest BCUT2D eigenvalue weighted by Crippen LogP contribution is -2.06. The topological polar surface area (TPSA) is 54.7 Å². The molecular weight excluding hydrogens is 194 g/mol. The van der Waals surface area contributed by atoms with E-state index < -0.39 is 0 Å². The van der Waals surface area contributed by atoms with Crippen molar-refractivity contribution in [1.29, 1.82) is 0 Å². The minimum Gasteiger partial charge on any atom is -0.344 e. The second-order valence-electron chi connectivity index (χ2n) is 3.36. The van der Waals surface area contributed by atoms with Gasteiger partial charge in [0, 0.05) is 5.69 Å². The molecule has 0 saturated carbocycles. The summed E-state index contributed by atoms with van der Waals surface area (Å²) in [4.78, 5) is 8.87. The molecule has 0 fully saturated rings. The van der Waals surface area contributed by atoms with Gasteiger partial charge in [0.2, 0.25) is 0 Å². The van der Waals surface area contributed by atoms with Crippen molar-refractivity contribution in [1.82, 2.24) is 9.97 Å². The van der Waals surface area contributed by atoms with Gasteiger partial charge in [0.25, 0.3) is 0 Å². The van der Waals surface area contributed by atoms with E-state index in [1.807, 2.05) is 19.9 Å². The summed E-state index contributed by atoms with van der Waals surface area (Å²) < 4.78 is 0. The zero-order valence-electron chi connectivity index (χ0n) is 8.24. The fourth-order valence-electron chi connectivity index (χ4n) is 1.35. The van der Waals surface area contributed by atoms with Gasteiger partial charge in [-0.25, -0.2) is 4.98 Å². The highest BCUT2D eigenvalue weighted by atomic mass is 32.1. The molecule has 2 aromatic rings. The molecule has 0 radical (unpaired) electrons. The van der Waals surface area contributed by atoms with Gasteiger partial charge in [-0.2, -0.15) is 0 Å². The molecule has 0 bridgehead atoms. The number of aryl methyl sites for hydroxylation is 1. The average Bonchev–Trinajstić information content (AvgIpc) is 2.71. The van der Waals surface area contributed by atoms with Crippen LogP contribution in [0.3, 0.4) is 0 Å². The fourth-order valence-corrected chi connectivity index (χ4v) is 2.12. The van der Waals surface area contributed by atoms with Crippen molar-refractivity contribution in [3.63, 3.8) is 0 Å². The van der Waals surface area contributed by atoms with Crippen LogP contribution in [0.5, 0.6) is 0 Å². The highest BCUT2D eigenvalue weighted by Gasteiger charge is 2.11. The molecule has 0 saturated heterocycles. The molecule has 4 heteroatoms. The maximum atomic E-state index is 5.76. The number of nitrogens with two attached hydrogens (primary N) is 1. The van der Waals surface area contributed by atoms with E-state index in [4.69, 9.17) is 5.73 Å². The summed E-state index contributed by atoms with van der Waals surface area (Å²) in [5.41, 5.74) is 7.86. The summed E-state index contributed by atoms with van der Waals surface area (Å²) in [6, 6.07) is 4.06. The number of nitrogens with zero attached hydrogens (tertiary/aromatic N) is 1. The minimum atomic E-state index is -0.0394. The number of nitrogens with one attached hydrogen (secondary N) is 1. The number of hydrogen-bond acceptors (Lipinski definition) is 3. The molecule has 2 heterocycles. The van der Waals surface area contributed by atoms with Gasteiger partial charge >= 0.3 is 0 Å². The van der Waals surface area contributed by atoms with Crippen LogP contribution in [0.2, 0.25) is 0 Å². The first-order chi connectivity index (χ1) is 6.68. The summed E-state index contributed by atoms with van der Waals surface area (Å²) in [5.74, 6) is 0.853. The second kappa shape index (κ2) is 3.55. The van der Waals surface area contributed by atoms with E-state index >= 15 is 0 Å². The Morgan fingerprint density at radius 3 is 2.86 bits per heavy atom. The monoisotopic (exact) mass is 207 g/mol. The van der Waals surface area contributed by atoms with Gasteiger partial charge in [-0.3, -0.25) is 0 Å². The van der Waals surface area contributed by atoms with Crippen LogP contribution in [-0.4, -0.2) is 9.97 Å². The number of aromatic nitrogens is 2. The largest absolute Gasteiger partial charge is 0.344 e. The van der Waals surface area contributed by atoms with E-state index in [1.165, 1.54) is 4.88 Å². The third-order valence-corrected chi connectivity index (χ3v) is 2.97. The van der Waals surface area contributed by atoms with Crippen molar-refractivity contribution >= 4 is 11.3 Å². The maximum Gasteiger partial charge on any atom is 0.123 e. The molecule has 0 aromatic carbocycles. The lowest BCUT2D eigenvalue weighted by Gasteiger charge is -1.96. The van der Waals surface area contributed by atoms with Gasteiger partial charge in [0.15, 0.2) is 0 Å². The Hall–Kier alpha value is -1.13. The van der Waals surface area contributed by atoms with Crippen molar-refractivity contribution in [3.8, 4) is 10.6 Å². The van der Waals surface area contributed by atoms with Gasteiger partial charge < -0.3 is 10.7 Å². The minimum absolute atomic E-state index is 0.0394. The lowest BCUT2D eigenvalue weighted by atomic mass is 10.3. The summed E-state index contributed by atoms with van der Waals surface area (Å²) in [7, 11) is 0. The number of hydrogen-bond donors (Lipinski definition) is 2. The predicted molar refractivity (Wildman–Crippen MR) is 59.2 cm³/mol. The Morgan fingerprint density at radius 1 is 1.57 bits per heavy atom. The summed E-state index contributed by atoms with van der Waals surface area (Å²) in [5, 5.41) is 2.05. The lowest BCUT2D eigenvalue weighted by molar-refractivity contribution is 0.754. The molecule has 0 amide bonds. The molecule has 0 spiro atoms. The highest BCUT2D eigenvalue weighted by Crippen LogP contribution is 2.26. The van der Waals surface area contributed by atoms with E-state index in [0.717, 1.165) is 17.2 Å². The summed E-state index contributed by atoms with van der Waals surface area (Å²) >= 11 is 1.69. The molecule has 1 unspecified atom stereocenters. The first kappa shape index (κ1) is 9.43. The number of aromatic amines is 1. The van der Waals surface area contributed by atoms with Crippen molar-refractivity contribution in [2.45, 2.75) is 19.9 Å². The van der Waals surface area contributed by atoms with Crippen LogP contribution in [-0.2, 0) is 0 Å². The Kier molecular flexibility index (Phi) is 2.39. The van der Waals surface area contributed by atoms with Crippen LogP contribution in [0.1, 0.15) is 24.5 Å². The molecule has 0 aliphatic heterocycles. The van der Waals surface area contributed by atoms with E-state index in [1.54, 1.807) is 11.3 Å². The van der Waals surface area contributed by atoms with Gasteiger partial charge in [-0.05, 0) is 25.3 Å². The van der Waals surface area contributed by atoms with Gasteiger partial charge in [-0.15, -0.1) is 11.3 Å². The number of thiophene rings is 1. The van der Waals surface area contributed by atoms with E-state index in [2.05, 4.69) is 21.4 Å². The molecule has 3 N–H and O–H groups in total. The predicted octanol–water partition coefficient (Wildman–Crippen LogP) is 2.47. The summed E-state index contributed by atoms with van der Waals surface area (Å²) in [6.07, 6.45) is 0. The SMILES string of the molecule is Cc1[nH]c(C(C)N)nc1-c1cccs1. The van der Waals surface area contributed by atoms with Crippen LogP contribution in [0.4, 0.5) is 0 Å². The molecule has 0 aliphatic rings. The number of rotatable bonds is 2. The van der Waals surface area contributed by atoms with E-state index in [-0.39, 0.29) is 6.04 Å². The first-order valence-electron chi connectivity index (χ1n) is 4.54. The quantitative estimate of drug-likeness (QED) is 0.794. The summed E-state index contributed by atoms with van der Waals surface area (Å²) in [6.45, 7) is 3.95. The zero-order chi connectivity index (χ0) is 10.1. The smallest absolute Gasteiger partial charge is 0.123 e. The third kappa shape index (κ3) is 1.58. The van der Waals surface area contributed by atoms with Crippen LogP contribution in [0.15, 0.2) is 17.5 Å². The van der Waals surface area contributed by atoms with Gasteiger partial charge in [0.1, 0.15) is 11.5 Å². The Morgan fingerprint density at radius 2 is 2.36 bits per heavy atom. The molecule has 0 aliphatic carbocycles. The van der Waals surface area contributed by atoms with E-state index in [0.29, 0.717) is 0 Å². The zero-order valence-corrected chi connectivity index (χ0v) is 9.06. The first-order valence-corrected chi connectivity index (χ1v) is 5.42. The van der Waals surface area contributed by atoms with Crippen molar-refractivity contribution in [2.75, 3.05) is 0 Å². The van der Waals surface area contributed by atoms with Gasteiger partial charge in [0.05, 0.1) is 10.9 Å². The Balaban J connectivity index is 2.45. The van der Waals surface area contributed by atoms with Crippen LogP contribution >= 0.6 is 11.3 Å². The second-order valence-corrected chi connectivity index (χ2v) is 4.31. The molecule has 2 aromatic heterocycles. The standard InChI is InChI=1S/C10H13N3S/c1-6(11)10-12-7(2)9(13-10)8-4-3-5-14-8/h3-6H,11H2,1-2H3,(H,12,13). The molecule has 74 valence electrons. The number of imidazole rings is 1. The normalized spacial score (nSPS) is 13.1. The van der Waals surface area contributed by atoms with Crippen LogP contribution < -0.4 is 5.73 Å². The van der Waals surface area contributed by atoms with Crippen molar-refractivity contribution < 1.29 is 0 Å². The maximum absolute atomic E-state index is 5.76. The third-order valence-electron chi connectivity index (χ3n) is 2.09. The Labute approximate surface area is 87.0 Å². The highest BCUT2D eigenvalue weighted by molar-refractivity contribution is 7.13. The molecule has 1 atom stereocenters. The Bertz CT molecular complexity index is 415. The van der Waals surface area contributed by atoms with Crippen molar-refractivity contribution in [3.05, 3.63) is 29.0 Å². The molecular formula is C10H13N3S. The van der Waals surface area contributed by atoms with Crippen LogP contribution in [0.25, 0.3) is 10.6 Å².